The predicted molar refractivity (Wildman–Crippen MR) is 75.8 cm³/mol. The van der Waals surface area contributed by atoms with Gasteiger partial charge in [0.15, 0.2) is 0 Å². The van der Waals surface area contributed by atoms with E-state index >= 15 is 0 Å². The molecule has 1 aromatic heterocycles. The van der Waals surface area contributed by atoms with Crippen molar-refractivity contribution >= 4 is 27.5 Å². The molecule has 1 amide bonds. The van der Waals surface area contributed by atoms with Gasteiger partial charge < -0.3 is 5.32 Å². The van der Waals surface area contributed by atoms with E-state index in [1.807, 2.05) is 6.92 Å². The first-order valence-corrected chi connectivity index (χ1v) is 6.48. The van der Waals surface area contributed by atoms with Crippen molar-refractivity contribution < 1.29 is 9.18 Å². The van der Waals surface area contributed by atoms with Crippen molar-refractivity contribution in [1.82, 2.24) is 4.98 Å². The molecule has 1 heterocycles. The minimum absolute atomic E-state index is 0.00523. The first-order chi connectivity index (χ1) is 8.99. The van der Waals surface area contributed by atoms with E-state index in [9.17, 15) is 9.18 Å². The number of carbonyl (C=O) groups excluding carboxylic acids is 1. The van der Waals surface area contributed by atoms with Gasteiger partial charge in [0.25, 0.3) is 5.91 Å². The Morgan fingerprint density at radius 3 is 2.68 bits per heavy atom. The molecule has 0 saturated heterocycles. The van der Waals surface area contributed by atoms with Gasteiger partial charge in [-0.25, -0.2) is 4.39 Å². The van der Waals surface area contributed by atoms with Crippen LogP contribution in [0.3, 0.4) is 0 Å². The van der Waals surface area contributed by atoms with Crippen molar-refractivity contribution in [2.75, 3.05) is 5.32 Å². The summed E-state index contributed by atoms with van der Waals surface area (Å²) in [6.45, 7) is 3.66. The molecule has 0 bridgehead atoms. The number of anilines is 1. The van der Waals surface area contributed by atoms with Crippen molar-refractivity contribution in [3.63, 3.8) is 0 Å². The molecule has 2 rings (SSSR count). The molecule has 0 aliphatic carbocycles. The number of aryl methyl sites for hydroxylation is 2. The normalized spacial score (nSPS) is 10.3. The van der Waals surface area contributed by atoms with Gasteiger partial charge >= 0.3 is 0 Å². The minimum Gasteiger partial charge on any atom is -0.320 e. The van der Waals surface area contributed by atoms with Gasteiger partial charge in [-0.2, -0.15) is 0 Å². The summed E-state index contributed by atoms with van der Waals surface area (Å²) < 4.78 is 14.1. The number of aromatic nitrogens is 1. The highest BCUT2D eigenvalue weighted by atomic mass is 79.9. The summed E-state index contributed by atoms with van der Waals surface area (Å²) in [7, 11) is 0. The molecule has 98 valence electrons. The molecule has 0 radical (unpaired) electrons. The lowest BCUT2D eigenvalue weighted by Crippen LogP contribution is -2.15. The van der Waals surface area contributed by atoms with Gasteiger partial charge in [-0.3, -0.25) is 9.78 Å². The van der Waals surface area contributed by atoms with E-state index in [1.165, 1.54) is 6.07 Å². The van der Waals surface area contributed by atoms with Crippen molar-refractivity contribution in [1.29, 1.82) is 0 Å². The number of pyridine rings is 1. The van der Waals surface area contributed by atoms with E-state index in [-0.39, 0.29) is 10.0 Å². The van der Waals surface area contributed by atoms with Crippen molar-refractivity contribution in [3.05, 3.63) is 57.6 Å². The lowest BCUT2D eigenvalue weighted by atomic mass is 10.2. The van der Waals surface area contributed by atoms with Crippen LogP contribution in [0.2, 0.25) is 0 Å². The van der Waals surface area contributed by atoms with Gasteiger partial charge in [0.2, 0.25) is 0 Å². The Hall–Kier alpha value is -1.75. The minimum atomic E-state index is -0.572. The lowest BCUT2D eigenvalue weighted by Gasteiger charge is -2.09. The van der Waals surface area contributed by atoms with Crippen LogP contribution in [0.1, 0.15) is 21.7 Å². The maximum Gasteiger partial charge on any atom is 0.258 e. The maximum absolute atomic E-state index is 13.8. The molecule has 0 atom stereocenters. The summed E-state index contributed by atoms with van der Waals surface area (Å²) >= 11 is 3.06. The highest BCUT2D eigenvalue weighted by Gasteiger charge is 2.14. The first-order valence-electron chi connectivity index (χ1n) is 5.68. The SMILES string of the molecule is Cc1ccc(NC(=O)c2cccc(Br)c2F)c(C)n1. The Morgan fingerprint density at radius 1 is 1.26 bits per heavy atom. The molecule has 19 heavy (non-hydrogen) atoms. The van der Waals surface area contributed by atoms with Crippen LogP contribution in [0.4, 0.5) is 10.1 Å². The number of rotatable bonds is 2. The molecule has 1 N–H and O–H groups in total. The summed E-state index contributed by atoms with van der Waals surface area (Å²) in [4.78, 5) is 16.3. The Balaban J connectivity index is 2.28. The van der Waals surface area contributed by atoms with Crippen LogP contribution in [0, 0.1) is 19.7 Å². The van der Waals surface area contributed by atoms with Crippen LogP contribution in [0.15, 0.2) is 34.8 Å². The van der Waals surface area contributed by atoms with Crippen LogP contribution in [0.25, 0.3) is 0 Å². The molecule has 5 heteroatoms. The first kappa shape index (κ1) is 13.7. The third-order valence-electron chi connectivity index (χ3n) is 2.67. The maximum atomic E-state index is 13.8. The quantitative estimate of drug-likeness (QED) is 0.912. The van der Waals surface area contributed by atoms with Gasteiger partial charge in [0.05, 0.1) is 21.4 Å². The highest BCUT2D eigenvalue weighted by Crippen LogP contribution is 2.20. The van der Waals surface area contributed by atoms with Crippen LogP contribution in [0.5, 0.6) is 0 Å². The Kier molecular flexibility index (Phi) is 3.95. The molecule has 1 aromatic carbocycles. The summed E-state index contributed by atoms with van der Waals surface area (Å²) in [5.41, 5.74) is 2.14. The fraction of sp³-hybridized carbons (Fsp3) is 0.143. The smallest absolute Gasteiger partial charge is 0.258 e. The summed E-state index contributed by atoms with van der Waals surface area (Å²) in [5, 5.41) is 2.66. The number of nitrogens with one attached hydrogen (secondary N) is 1. The molecule has 0 fully saturated rings. The zero-order valence-corrected chi connectivity index (χ0v) is 12.1. The number of halogens is 2. The second-order valence-electron chi connectivity index (χ2n) is 4.14. The molecule has 0 aliphatic heterocycles. The van der Waals surface area contributed by atoms with E-state index in [0.29, 0.717) is 11.4 Å². The monoisotopic (exact) mass is 322 g/mol. The number of benzene rings is 1. The molecule has 0 unspecified atom stereocenters. The van der Waals surface area contributed by atoms with E-state index < -0.39 is 11.7 Å². The second kappa shape index (κ2) is 5.48. The average molecular weight is 323 g/mol. The van der Waals surface area contributed by atoms with E-state index in [2.05, 4.69) is 26.2 Å². The fourth-order valence-electron chi connectivity index (χ4n) is 1.69. The lowest BCUT2D eigenvalue weighted by molar-refractivity contribution is 0.102. The Morgan fingerprint density at radius 2 is 2.00 bits per heavy atom. The summed E-state index contributed by atoms with van der Waals surface area (Å²) in [5.74, 6) is -1.06. The topological polar surface area (TPSA) is 42.0 Å². The van der Waals surface area contributed by atoms with Crippen LogP contribution < -0.4 is 5.32 Å². The number of hydrogen-bond acceptors (Lipinski definition) is 2. The van der Waals surface area contributed by atoms with Gasteiger partial charge in [-0.05, 0) is 54.0 Å². The van der Waals surface area contributed by atoms with E-state index in [1.54, 1.807) is 31.2 Å². The molecule has 0 spiro atoms. The second-order valence-corrected chi connectivity index (χ2v) is 5.00. The molecule has 0 aliphatic rings. The summed E-state index contributed by atoms with van der Waals surface area (Å²) in [6, 6.07) is 8.14. The highest BCUT2D eigenvalue weighted by molar-refractivity contribution is 9.10. The Labute approximate surface area is 119 Å². The zero-order valence-electron chi connectivity index (χ0n) is 10.5. The van der Waals surface area contributed by atoms with Crippen molar-refractivity contribution in [2.45, 2.75) is 13.8 Å². The Bertz CT molecular complexity index is 643. The average Bonchev–Trinajstić information content (AvgIpc) is 2.36. The van der Waals surface area contributed by atoms with Gasteiger partial charge in [-0.15, -0.1) is 0 Å². The summed E-state index contributed by atoms with van der Waals surface area (Å²) in [6.07, 6.45) is 0. The zero-order chi connectivity index (χ0) is 14.0. The number of amides is 1. The molecular weight excluding hydrogens is 311 g/mol. The van der Waals surface area contributed by atoms with Gasteiger partial charge in [0, 0.05) is 5.69 Å². The molecular formula is C14H12BrFN2O. The molecule has 0 saturated carbocycles. The van der Waals surface area contributed by atoms with Crippen molar-refractivity contribution in [3.8, 4) is 0 Å². The third kappa shape index (κ3) is 2.98. The van der Waals surface area contributed by atoms with E-state index in [0.717, 1.165) is 5.69 Å². The van der Waals surface area contributed by atoms with Gasteiger partial charge in [0.1, 0.15) is 5.82 Å². The third-order valence-corrected chi connectivity index (χ3v) is 3.28. The van der Waals surface area contributed by atoms with Crippen molar-refractivity contribution in [2.24, 2.45) is 0 Å². The van der Waals surface area contributed by atoms with Crippen LogP contribution >= 0.6 is 15.9 Å². The standard InChI is InChI=1S/C14H12BrFN2O/c1-8-6-7-12(9(2)17-8)18-14(19)10-4-3-5-11(15)13(10)16/h3-7H,1-2H3,(H,18,19). The largest absolute Gasteiger partial charge is 0.320 e. The van der Waals surface area contributed by atoms with Crippen LogP contribution in [-0.4, -0.2) is 10.9 Å². The number of hydrogen-bond donors (Lipinski definition) is 1. The number of nitrogens with zero attached hydrogens (tertiary/aromatic N) is 1. The van der Waals surface area contributed by atoms with Gasteiger partial charge in [-0.1, -0.05) is 6.07 Å². The number of carbonyl (C=O) groups is 1. The fourth-order valence-corrected chi connectivity index (χ4v) is 2.05. The van der Waals surface area contributed by atoms with Crippen LogP contribution in [-0.2, 0) is 0 Å². The predicted octanol–water partition coefficient (Wildman–Crippen LogP) is 3.85. The molecule has 2 aromatic rings. The van der Waals surface area contributed by atoms with E-state index in [4.69, 9.17) is 0 Å². The molecule has 3 nitrogen and oxygen atoms in total.